The Bertz CT molecular complexity index is 1540. The summed E-state index contributed by atoms with van der Waals surface area (Å²) in [6.45, 7) is 4.85. The third kappa shape index (κ3) is 5.15. The molecule has 1 fully saturated rings. The molecule has 0 radical (unpaired) electrons. The van der Waals surface area contributed by atoms with Crippen molar-refractivity contribution in [3.63, 3.8) is 0 Å². The Hall–Kier alpha value is -4.11. The Morgan fingerprint density at radius 2 is 1.82 bits per heavy atom. The number of anilines is 1. The standard InChI is InChI=1S/C29H29N7OS/c1-21(37)34-12-14-35(15-13-34)25-7-6-24(31-17-25)3-2-4-28-30-11-9-26(33-28)27-18-32-29-8-5-22(19-36(27)29)23-10-16-38-20-23/h5-11,16-20H,2-4,12-15H2,1H3. The molecule has 1 saturated heterocycles. The van der Waals surface area contributed by atoms with Crippen LogP contribution in [0.1, 0.15) is 24.9 Å². The predicted molar refractivity (Wildman–Crippen MR) is 150 cm³/mol. The van der Waals surface area contributed by atoms with Gasteiger partial charge < -0.3 is 9.80 Å². The Kier molecular flexibility index (Phi) is 6.83. The van der Waals surface area contributed by atoms with Gasteiger partial charge in [0, 0.05) is 57.6 Å². The highest BCUT2D eigenvalue weighted by Crippen LogP contribution is 2.26. The molecule has 1 aliphatic rings. The fraction of sp³-hybridized carbons (Fsp3) is 0.276. The second-order valence-electron chi connectivity index (χ2n) is 9.51. The Balaban J connectivity index is 1.09. The van der Waals surface area contributed by atoms with Crippen LogP contribution in [0, 0.1) is 0 Å². The molecule has 6 rings (SSSR count). The van der Waals surface area contributed by atoms with Gasteiger partial charge in [-0.25, -0.2) is 15.0 Å². The van der Waals surface area contributed by atoms with E-state index in [2.05, 4.69) is 65.5 Å². The number of imidazole rings is 1. The van der Waals surface area contributed by atoms with E-state index in [1.54, 1.807) is 18.3 Å². The first kappa shape index (κ1) is 24.2. The predicted octanol–water partition coefficient (Wildman–Crippen LogP) is 4.76. The number of aromatic nitrogens is 5. The average molecular weight is 524 g/mol. The summed E-state index contributed by atoms with van der Waals surface area (Å²) in [4.78, 5) is 34.4. The first-order chi connectivity index (χ1) is 18.6. The first-order valence-electron chi connectivity index (χ1n) is 12.9. The SMILES string of the molecule is CC(=O)N1CCN(c2ccc(CCCc3nccc(-c4cnc5ccc(-c6ccsc6)cn45)n3)nc2)CC1. The number of amides is 1. The molecule has 0 atom stereocenters. The lowest BCUT2D eigenvalue weighted by Crippen LogP contribution is -2.48. The molecule has 1 aliphatic heterocycles. The van der Waals surface area contributed by atoms with E-state index in [0.717, 1.165) is 85.2 Å². The highest BCUT2D eigenvalue weighted by molar-refractivity contribution is 7.08. The zero-order valence-electron chi connectivity index (χ0n) is 21.3. The van der Waals surface area contributed by atoms with Crippen LogP contribution in [0.5, 0.6) is 0 Å². The van der Waals surface area contributed by atoms with Crippen LogP contribution in [0.3, 0.4) is 0 Å². The largest absolute Gasteiger partial charge is 0.367 e. The molecule has 192 valence electrons. The van der Waals surface area contributed by atoms with Crippen LogP contribution >= 0.6 is 11.3 Å². The fourth-order valence-electron chi connectivity index (χ4n) is 4.89. The molecule has 6 heterocycles. The zero-order valence-corrected chi connectivity index (χ0v) is 22.1. The maximum absolute atomic E-state index is 11.6. The van der Waals surface area contributed by atoms with E-state index in [9.17, 15) is 4.79 Å². The van der Waals surface area contributed by atoms with E-state index >= 15 is 0 Å². The number of carbonyl (C=O) groups is 1. The van der Waals surface area contributed by atoms with Gasteiger partial charge in [0.15, 0.2) is 0 Å². The molecule has 5 aromatic heterocycles. The maximum Gasteiger partial charge on any atom is 0.219 e. The van der Waals surface area contributed by atoms with Crippen molar-refractivity contribution in [3.8, 4) is 22.5 Å². The molecular weight excluding hydrogens is 494 g/mol. The van der Waals surface area contributed by atoms with Gasteiger partial charge in [-0.2, -0.15) is 11.3 Å². The van der Waals surface area contributed by atoms with Gasteiger partial charge in [0.25, 0.3) is 0 Å². The summed E-state index contributed by atoms with van der Waals surface area (Å²) in [7, 11) is 0. The van der Waals surface area contributed by atoms with Gasteiger partial charge in [0.2, 0.25) is 5.91 Å². The number of fused-ring (bicyclic) bond motifs is 1. The topological polar surface area (TPSA) is 79.5 Å². The van der Waals surface area contributed by atoms with Crippen molar-refractivity contribution < 1.29 is 4.79 Å². The number of aryl methyl sites for hydroxylation is 2. The zero-order chi connectivity index (χ0) is 25.9. The van der Waals surface area contributed by atoms with E-state index in [0.29, 0.717) is 0 Å². The summed E-state index contributed by atoms with van der Waals surface area (Å²) < 4.78 is 2.10. The molecule has 0 aromatic carbocycles. The molecule has 1 amide bonds. The van der Waals surface area contributed by atoms with E-state index in [-0.39, 0.29) is 5.91 Å². The molecule has 0 aliphatic carbocycles. The molecule has 0 saturated carbocycles. The van der Waals surface area contributed by atoms with Crippen molar-refractivity contribution in [1.29, 1.82) is 0 Å². The highest BCUT2D eigenvalue weighted by Gasteiger charge is 2.19. The smallest absolute Gasteiger partial charge is 0.219 e. The van der Waals surface area contributed by atoms with Gasteiger partial charge in [-0.3, -0.25) is 14.2 Å². The number of thiophene rings is 1. The highest BCUT2D eigenvalue weighted by atomic mass is 32.1. The van der Waals surface area contributed by atoms with Gasteiger partial charge in [-0.15, -0.1) is 0 Å². The van der Waals surface area contributed by atoms with Crippen molar-refractivity contribution in [2.75, 3.05) is 31.1 Å². The van der Waals surface area contributed by atoms with Gasteiger partial charge in [0.05, 0.1) is 29.5 Å². The monoisotopic (exact) mass is 523 g/mol. The normalized spacial score (nSPS) is 13.8. The molecule has 0 bridgehead atoms. The summed E-state index contributed by atoms with van der Waals surface area (Å²) in [6.07, 6.45) is 10.4. The summed E-state index contributed by atoms with van der Waals surface area (Å²) >= 11 is 1.69. The van der Waals surface area contributed by atoms with Gasteiger partial charge in [-0.05, 0) is 71.1 Å². The summed E-state index contributed by atoms with van der Waals surface area (Å²) in [6, 6.07) is 12.5. The van der Waals surface area contributed by atoms with Crippen LogP contribution in [0.2, 0.25) is 0 Å². The van der Waals surface area contributed by atoms with Crippen molar-refractivity contribution in [2.24, 2.45) is 0 Å². The number of hydrogen-bond acceptors (Lipinski definition) is 7. The molecular formula is C29H29N7OS. The van der Waals surface area contributed by atoms with Gasteiger partial charge in [0.1, 0.15) is 11.5 Å². The quantitative estimate of drug-likeness (QED) is 0.306. The second kappa shape index (κ2) is 10.7. The average Bonchev–Trinajstić information content (AvgIpc) is 3.64. The van der Waals surface area contributed by atoms with Crippen LogP contribution in [0.15, 0.2) is 71.9 Å². The maximum atomic E-state index is 11.6. The minimum atomic E-state index is 0.148. The number of rotatable bonds is 7. The summed E-state index contributed by atoms with van der Waals surface area (Å²) in [5.41, 5.74) is 7.27. The van der Waals surface area contributed by atoms with Crippen LogP contribution < -0.4 is 4.90 Å². The minimum absolute atomic E-state index is 0.148. The molecule has 0 N–H and O–H groups in total. The molecule has 38 heavy (non-hydrogen) atoms. The van der Waals surface area contributed by atoms with Crippen molar-refractivity contribution in [1.82, 2.24) is 29.2 Å². The van der Waals surface area contributed by atoms with Crippen LogP contribution in [-0.2, 0) is 17.6 Å². The van der Waals surface area contributed by atoms with E-state index < -0.39 is 0 Å². The minimum Gasteiger partial charge on any atom is -0.367 e. The van der Waals surface area contributed by atoms with Crippen LogP contribution in [-0.4, -0.2) is 61.3 Å². The Labute approximate surface area is 225 Å². The third-order valence-electron chi connectivity index (χ3n) is 7.06. The number of piperazine rings is 1. The van der Waals surface area contributed by atoms with Crippen molar-refractivity contribution in [3.05, 3.63) is 83.5 Å². The van der Waals surface area contributed by atoms with Crippen LogP contribution in [0.4, 0.5) is 5.69 Å². The summed E-state index contributed by atoms with van der Waals surface area (Å²) in [5.74, 6) is 0.973. The van der Waals surface area contributed by atoms with Gasteiger partial charge in [-0.1, -0.05) is 0 Å². The van der Waals surface area contributed by atoms with Crippen LogP contribution in [0.25, 0.3) is 28.2 Å². The summed E-state index contributed by atoms with van der Waals surface area (Å²) in [5, 5.41) is 4.24. The Morgan fingerprint density at radius 3 is 2.58 bits per heavy atom. The number of nitrogens with zero attached hydrogens (tertiary/aromatic N) is 7. The van der Waals surface area contributed by atoms with Crippen molar-refractivity contribution in [2.45, 2.75) is 26.2 Å². The molecule has 0 spiro atoms. The molecule has 0 unspecified atom stereocenters. The van der Waals surface area contributed by atoms with E-state index in [1.165, 1.54) is 5.56 Å². The lowest BCUT2D eigenvalue weighted by molar-refractivity contribution is -0.129. The number of hydrogen-bond donors (Lipinski definition) is 0. The lowest BCUT2D eigenvalue weighted by Gasteiger charge is -2.35. The third-order valence-corrected chi connectivity index (χ3v) is 7.74. The van der Waals surface area contributed by atoms with E-state index in [4.69, 9.17) is 4.98 Å². The Morgan fingerprint density at radius 1 is 0.921 bits per heavy atom. The molecule has 8 nitrogen and oxygen atoms in total. The van der Waals surface area contributed by atoms with Crippen molar-refractivity contribution >= 4 is 28.6 Å². The lowest BCUT2D eigenvalue weighted by atomic mass is 10.1. The molecule has 9 heteroatoms. The first-order valence-corrected chi connectivity index (χ1v) is 13.9. The molecule has 5 aromatic rings. The van der Waals surface area contributed by atoms with E-state index in [1.807, 2.05) is 35.6 Å². The second-order valence-corrected chi connectivity index (χ2v) is 10.3. The van der Waals surface area contributed by atoms with Gasteiger partial charge >= 0.3 is 0 Å². The number of pyridine rings is 2. The number of carbonyl (C=O) groups excluding carboxylic acids is 1. The fourth-order valence-corrected chi connectivity index (χ4v) is 5.56.